The van der Waals surface area contributed by atoms with Crippen molar-refractivity contribution in [1.29, 1.82) is 0 Å². The molecule has 0 spiro atoms. The molecule has 3 aliphatic rings. The normalized spacial score (nSPS) is 35.4. The van der Waals surface area contributed by atoms with Crippen LogP contribution in [0.5, 0.6) is 0 Å². The van der Waals surface area contributed by atoms with Gasteiger partial charge < -0.3 is 9.64 Å². The summed E-state index contributed by atoms with van der Waals surface area (Å²) in [6, 6.07) is 0. The van der Waals surface area contributed by atoms with Gasteiger partial charge in [0.05, 0.1) is 23.4 Å². The Kier molecular flexibility index (Phi) is 3.11. The average Bonchev–Trinajstić information content (AvgIpc) is 3.15. The largest absolute Gasteiger partial charge is 0.371 e. The number of morpholine rings is 1. The molecule has 3 atom stereocenters. The Morgan fingerprint density at radius 1 is 1.26 bits per heavy atom. The molecule has 7 heteroatoms. The predicted molar refractivity (Wildman–Crippen MR) is 69.0 cm³/mol. The SMILES string of the molecule is CN(C)C(=O)[C@@H]1C[C@H]2CN(S(=O)(=O)C3CC3)C[C@@H]1O2. The number of sulfonamides is 1. The zero-order valence-corrected chi connectivity index (χ0v) is 12.1. The summed E-state index contributed by atoms with van der Waals surface area (Å²) in [6.45, 7) is 0.742. The molecule has 1 saturated carbocycles. The standard InChI is InChI=1S/C12H20N2O4S/c1-13(2)12(15)10-5-8-6-14(7-11(10)18-8)19(16,17)9-3-4-9/h8-11H,3-7H2,1-2H3/t8-,10+,11-/m0/s1. The van der Waals surface area contributed by atoms with E-state index in [0.29, 0.717) is 19.5 Å². The fourth-order valence-corrected chi connectivity index (χ4v) is 4.88. The van der Waals surface area contributed by atoms with Gasteiger partial charge in [0.15, 0.2) is 0 Å². The summed E-state index contributed by atoms with van der Waals surface area (Å²) in [5, 5.41) is -0.187. The Bertz CT molecular complexity index is 486. The maximum absolute atomic E-state index is 12.3. The number of nitrogens with zero attached hydrogens (tertiary/aromatic N) is 2. The van der Waals surface area contributed by atoms with E-state index >= 15 is 0 Å². The third kappa shape index (κ3) is 2.28. The van der Waals surface area contributed by atoms with Crippen LogP contribution in [-0.4, -0.2) is 68.2 Å². The van der Waals surface area contributed by atoms with Crippen LogP contribution >= 0.6 is 0 Å². The van der Waals surface area contributed by atoms with Crippen molar-refractivity contribution in [3.63, 3.8) is 0 Å². The fourth-order valence-electron chi connectivity index (χ4n) is 3.00. The van der Waals surface area contributed by atoms with Crippen molar-refractivity contribution in [2.75, 3.05) is 27.2 Å². The van der Waals surface area contributed by atoms with Crippen LogP contribution in [0.3, 0.4) is 0 Å². The number of hydrogen-bond acceptors (Lipinski definition) is 4. The summed E-state index contributed by atoms with van der Waals surface area (Å²) in [6.07, 6.45) is 1.78. The van der Waals surface area contributed by atoms with Crippen LogP contribution in [0.2, 0.25) is 0 Å². The number of rotatable bonds is 3. The van der Waals surface area contributed by atoms with E-state index in [0.717, 1.165) is 12.8 Å². The van der Waals surface area contributed by atoms with E-state index in [1.54, 1.807) is 23.3 Å². The van der Waals surface area contributed by atoms with Gasteiger partial charge in [-0.3, -0.25) is 4.79 Å². The molecule has 0 aromatic heterocycles. The van der Waals surface area contributed by atoms with Gasteiger partial charge in [-0.1, -0.05) is 0 Å². The second-order valence-corrected chi connectivity index (χ2v) is 8.15. The maximum atomic E-state index is 12.3. The average molecular weight is 288 g/mol. The second kappa shape index (κ2) is 4.43. The van der Waals surface area contributed by atoms with Crippen molar-refractivity contribution in [3.8, 4) is 0 Å². The molecule has 1 amide bonds. The number of carbonyl (C=O) groups is 1. The van der Waals surface area contributed by atoms with Crippen LogP contribution in [0, 0.1) is 5.92 Å². The van der Waals surface area contributed by atoms with Crippen molar-refractivity contribution in [1.82, 2.24) is 9.21 Å². The van der Waals surface area contributed by atoms with Crippen molar-refractivity contribution in [2.45, 2.75) is 36.7 Å². The molecule has 3 rings (SSSR count). The molecule has 0 radical (unpaired) electrons. The minimum Gasteiger partial charge on any atom is -0.371 e. The Labute approximate surface area is 113 Å². The highest BCUT2D eigenvalue weighted by molar-refractivity contribution is 7.90. The summed E-state index contributed by atoms with van der Waals surface area (Å²) < 4.78 is 31.8. The van der Waals surface area contributed by atoms with Gasteiger partial charge in [-0.25, -0.2) is 8.42 Å². The minimum atomic E-state index is -3.16. The Hall–Kier alpha value is -0.660. The van der Waals surface area contributed by atoms with Crippen LogP contribution in [-0.2, 0) is 19.6 Å². The summed E-state index contributed by atoms with van der Waals surface area (Å²) in [4.78, 5) is 13.6. The van der Waals surface area contributed by atoms with Crippen molar-refractivity contribution < 1.29 is 17.9 Å². The molecule has 1 aliphatic carbocycles. The number of hydrogen-bond donors (Lipinski definition) is 0. The van der Waals surface area contributed by atoms with E-state index in [-0.39, 0.29) is 29.3 Å². The van der Waals surface area contributed by atoms with Crippen LogP contribution in [0.15, 0.2) is 0 Å². The molecule has 2 bridgehead atoms. The van der Waals surface area contributed by atoms with Gasteiger partial charge in [-0.15, -0.1) is 0 Å². The molecule has 3 fully saturated rings. The monoisotopic (exact) mass is 288 g/mol. The summed E-state index contributed by atoms with van der Waals surface area (Å²) >= 11 is 0. The van der Waals surface area contributed by atoms with Gasteiger partial charge in [0, 0.05) is 27.2 Å². The van der Waals surface area contributed by atoms with Crippen LogP contribution < -0.4 is 0 Å². The first-order valence-electron chi connectivity index (χ1n) is 6.75. The third-order valence-corrected chi connectivity index (χ3v) is 6.52. The van der Waals surface area contributed by atoms with E-state index in [2.05, 4.69) is 0 Å². The molecular weight excluding hydrogens is 268 g/mol. The van der Waals surface area contributed by atoms with E-state index < -0.39 is 10.0 Å². The molecule has 2 aliphatic heterocycles. The highest BCUT2D eigenvalue weighted by Crippen LogP contribution is 2.38. The van der Waals surface area contributed by atoms with Crippen molar-refractivity contribution in [2.24, 2.45) is 5.92 Å². The molecule has 19 heavy (non-hydrogen) atoms. The number of amides is 1. The van der Waals surface area contributed by atoms with Gasteiger partial charge in [-0.05, 0) is 19.3 Å². The Morgan fingerprint density at radius 2 is 1.95 bits per heavy atom. The lowest BCUT2D eigenvalue weighted by Gasteiger charge is -2.32. The maximum Gasteiger partial charge on any atom is 0.227 e. The molecule has 6 nitrogen and oxygen atoms in total. The first-order chi connectivity index (χ1) is 8.89. The Morgan fingerprint density at radius 3 is 2.53 bits per heavy atom. The van der Waals surface area contributed by atoms with Gasteiger partial charge in [0.2, 0.25) is 15.9 Å². The van der Waals surface area contributed by atoms with E-state index in [1.807, 2.05) is 0 Å². The quantitative estimate of drug-likeness (QED) is 0.712. The van der Waals surface area contributed by atoms with Gasteiger partial charge in [-0.2, -0.15) is 4.31 Å². The van der Waals surface area contributed by atoms with E-state index in [9.17, 15) is 13.2 Å². The summed E-state index contributed by atoms with van der Waals surface area (Å²) in [7, 11) is 0.295. The smallest absolute Gasteiger partial charge is 0.227 e. The molecular formula is C12H20N2O4S. The Balaban J connectivity index is 1.75. The number of fused-ring (bicyclic) bond motifs is 2. The predicted octanol–water partition coefficient (Wildman–Crippen LogP) is -0.344. The van der Waals surface area contributed by atoms with E-state index in [1.165, 1.54) is 0 Å². The molecule has 0 aromatic carbocycles. The van der Waals surface area contributed by atoms with E-state index in [4.69, 9.17) is 4.74 Å². The van der Waals surface area contributed by atoms with Crippen molar-refractivity contribution in [3.05, 3.63) is 0 Å². The lowest BCUT2D eigenvalue weighted by molar-refractivity contribution is -0.135. The zero-order valence-electron chi connectivity index (χ0n) is 11.3. The molecule has 2 saturated heterocycles. The molecule has 0 aromatic rings. The van der Waals surface area contributed by atoms with Crippen LogP contribution in [0.1, 0.15) is 19.3 Å². The number of ether oxygens (including phenoxy) is 1. The van der Waals surface area contributed by atoms with Gasteiger partial charge in [0.25, 0.3) is 0 Å². The van der Waals surface area contributed by atoms with Crippen molar-refractivity contribution >= 4 is 15.9 Å². The highest BCUT2D eigenvalue weighted by Gasteiger charge is 2.50. The highest BCUT2D eigenvalue weighted by atomic mass is 32.2. The summed E-state index contributed by atoms with van der Waals surface area (Å²) in [5.74, 6) is -0.155. The van der Waals surface area contributed by atoms with Gasteiger partial charge >= 0.3 is 0 Å². The second-order valence-electron chi connectivity index (χ2n) is 5.93. The first-order valence-corrected chi connectivity index (χ1v) is 8.25. The molecule has 108 valence electrons. The lowest BCUT2D eigenvalue weighted by Crippen LogP contribution is -2.48. The minimum absolute atomic E-state index is 0.0400. The van der Waals surface area contributed by atoms with Crippen LogP contribution in [0.4, 0.5) is 0 Å². The first kappa shape index (κ1) is 13.3. The lowest BCUT2D eigenvalue weighted by atomic mass is 9.99. The fraction of sp³-hybridized carbons (Fsp3) is 0.917. The topological polar surface area (TPSA) is 66.9 Å². The zero-order chi connectivity index (χ0) is 13.8. The summed E-state index contributed by atoms with van der Waals surface area (Å²) in [5.41, 5.74) is 0. The van der Waals surface area contributed by atoms with Gasteiger partial charge in [0.1, 0.15) is 0 Å². The number of carbonyl (C=O) groups excluding carboxylic acids is 1. The molecule has 0 N–H and O–H groups in total. The molecule has 0 unspecified atom stereocenters. The molecule has 2 heterocycles. The third-order valence-electron chi connectivity index (χ3n) is 4.19. The van der Waals surface area contributed by atoms with Crippen LogP contribution in [0.25, 0.3) is 0 Å².